The summed E-state index contributed by atoms with van der Waals surface area (Å²) in [6.45, 7) is 4.65. The van der Waals surface area contributed by atoms with Crippen molar-refractivity contribution in [2.24, 2.45) is 0 Å². The number of piperidine rings is 1. The molecule has 3 N–H and O–H groups in total. The Morgan fingerprint density at radius 2 is 1.56 bits per heavy atom. The van der Waals surface area contributed by atoms with Crippen molar-refractivity contribution in [1.29, 1.82) is 0 Å². The molecule has 0 atom stereocenters. The van der Waals surface area contributed by atoms with E-state index in [0.717, 1.165) is 67.8 Å². The summed E-state index contributed by atoms with van der Waals surface area (Å²) in [6.07, 6.45) is 9.94. The van der Waals surface area contributed by atoms with Gasteiger partial charge in [-0.15, -0.1) is 0 Å². The molecule has 4 rings (SSSR count). The number of phenolic OH excluding ortho intramolecular Hbond substituents is 1. The molecule has 0 spiro atoms. The molecular formula is C34H44FN3O3. The summed E-state index contributed by atoms with van der Waals surface area (Å²) in [5.74, 6) is -0.865. The van der Waals surface area contributed by atoms with Crippen LogP contribution in [0.2, 0.25) is 0 Å². The predicted octanol–water partition coefficient (Wildman–Crippen LogP) is 7.73. The van der Waals surface area contributed by atoms with Crippen LogP contribution in [0.15, 0.2) is 72.8 Å². The number of para-hydroxylation sites is 1. The molecule has 3 aromatic carbocycles. The molecule has 0 bridgehead atoms. The van der Waals surface area contributed by atoms with Gasteiger partial charge in [0.2, 0.25) is 0 Å². The monoisotopic (exact) mass is 561 g/mol. The Hall–Kier alpha value is -3.42. The zero-order valence-corrected chi connectivity index (χ0v) is 24.0. The average Bonchev–Trinajstić information content (AvgIpc) is 2.99. The highest BCUT2D eigenvalue weighted by molar-refractivity contribution is 5.91. The van der Waals surface area contributed by atoms with Crippen LogP contribution >= 0.6 is 0 Å². The fraction of sp³-hybridized carbons (Fsp3) is 0.441. The lowest BCUT2D eigenvalue weighted by molar-refractivity contribution is 0.0585. The first kappa shape index (κ1) is 30.5. The first-order chi connectivity index (χ1) is 20.1. The highest BCUT2D eigenvalue weighted by Gasteiger charge is 2.22. The number of phenols is 1. The lowest BCUT2D eigenvalue weighted by atomic mass is 10.0. The first-order valence-corrected chi connectivity index (χ1v) is 15.1. The molecule has 1 aliphatic heterocycles. The number of benzene rings is 3. The van der Waals surface area contributed by atoms with Crippen LogP contribution in [0.25, 0.3) is 11.1 Å². The van der Waals surface area contributed by atoms with E-state index in [2.05, 4.69) is 15.5 Å². The second-order valence-corrected chi connectivity index (χ2v) is 10.9. The zero-order valence-electron chi connectivity index (χ0n) is 24.0. The summed E-state index contributed by atoms with van der Waals surface area (Å²) in [5.41, 5.74) is 3.71. The van der Waals surface area contributed by atoms with Crippen molar-refractivity contribution >= 4 is 11.8 Å². The molecule has 220 valence electrons. The summed E-state index contributed by atoms with van der Waals surface area (Å²) in [4.78, 5) is 15.1. The Balaban J connectivity index is 0.997. The minimum absolute atomic E-state index is 0.0348. The molecule has 41 heavy (non-hydrogen) atoms. The number of hydrogen-bond acceptors (Lipinski definition) is 5. The number of unbranched alkanes of at least 4 members (excludes halogenated alkanes) is 6. The number of aromatic hydroxyl groups is 1. The van der Waals surface area contributed by atoms with E-state index in [0.29, 0.717) is 6.54 Å². The maximum atomic E-state index is 13.1. The van der Waals surface area contributed by atoms with E-state index in [9.17, 15) is 14.3 Å². The van der Waals surface area contributed by atoms with Gasteiger partial charge in [0.05, 0.1) is 5.69 Å². The number of halogens is 1. The Bertz CT molecular complexity index is 1200. The van der Waals surface area contributed by atoms with Gasteiger partial charge in [0, 0.05) is 25.2 Å². The van der Waals surface area contributed by atoms with Crippen molar-refractivity contribution in [3.63, 3.8) is 0 Å². The van der Waals surface area contributed by atoms with Gasteiger partial charge in [-0.3, -0.25) is 5.32 Å². The Kier molecular flexibility index (Phi) is 12.5. The van der Waals surface area contributed by atoms with Crippen LogP contribution in [0.1, 0.15) is 63.4 Å². The van der Waals surface area contributed by atoms with Crippen LogP contribution in [-0.2, 0) is 11.3 Å². The van der Waals surface area contributed by atoms with Gasteiger partial charge in [0.25, 0.3) is 0 Å². The topological polar surface area (TPSA) is 73.8 Å². The number of nitrogens with zero attached hydrogens (tertiary/aromatic N) is 1. The summed E-state index contributed by atoms with van der Waals surface area (Å²) in [5, 5.41) is 15.7. The number of rotatable bonds is 15. The number of amides is 1. The van der Waals surface area contributed by atoms with E-state index in [1.165, 1.54) is 50.7 Å². The standard InChI is InChI=1S/C34H44FN3O3/c35-31-18-17-27(25-33(31)39)26-36-21-11-4-2-1-3-5-12-22-38-23-19-29(20-24-38)41-34(40)37-32-16-10-9-15-30(32)28-13-7-6-8-14-28/h6-10,13-18,25,29,36,39H,1-5,11-12,19-24,26H2,(H,37,40). The normalized spacial score (nSPS) is 14.2. The van der Waals surface area contributed by atoms with Crippen molar-refractivity contribution < 1.29 is 19.0 Å². The summed E-state index contributed by atoms with van der Waals surface area (Å²) >= 11 is 0. The van der Waals surface area contributed by atoms with Gasteiger partial charge in [0.15, 0.2) is 11.6 Å². The number of nitrogens with one attached hydrogen (secondary N) is 2. The first-order valence-electron chi connectivity index (χ1n) is 15.1. The summed E-state index contributed by atoms with van der Waals surface area (Å²) < 4.78 is 18.9. The van der Waals surface area contributed by atoms with Gasteiger partial charge < -0.3 is 20.1 Å². The smallest absolute Gasteiger partial charge is 0.411 e. The van der Waals surface area contributed by atoms with Gasteiger partial charge in [-0.2, -0.15) is 0 Å². The molecule has 3 aromatic rings. The maximum Gasteiger partial charge on any atom is 0.411 e. The fourth-order valence-corrected chi connectivity index (χ4v) is 5.37. The third kappa shape index (κ3) is 10.5. The SMILES string of the molecule is O=C(Nc1ccccc1-c1ccccc1)OC1CCN(CCCCCCCCCNCc2ccc(F)c(O)c2)CC1. The number of anilines is 1. The van der Waals surface area contributed by atoms with Crippen LogP contribution < -0.4 is 10.6 Å². The molecule has 0 unspecified atom stereocenters. The predicted molar refractivity (Wildman–Crippen MR) is 164 cm³/mol. The quantitative estimate of drug-likeness (QED) is 0.166. The zero-order chi connectivity index (χ0) is 28.7. The largest absolute Gasteiger partial charge is 0.505 e. The van der Waals surface area contributed by atoms with Crippen LogP contribution in [0.5, 0.6) is 5.75 Å². The van der Waals surface area contributed by atoms with Gasteiger partial charge in [-0.25, -0.2) is 9.18 Å². The van der Waals surface area contributed by atoms with Gasteiger partial charge in [-0.1, -0.05) is 86.7 Å². The number of carbonyl (C=O) groups is 1. The third-order valence-corrected chi connectivity index (χ3v) is 7.72. The fourth-order valence-electron chi connectivity index (χ4n) is 5.37. The van der Waals surface area contributed by atoms with E-state index in [1.54, 1.807) is 6.07 Å². The Labute approximate surface area is 243 Å². The summed E-state index contributed by atoms with van der Waals surface area (Å²) in [6, 6.07) is 22.3. The van der Waals surface area contributed by atoms with Crippen molar-refractivity contribution in [3.05, 3.63) is 84.2 Å². The van der Waals surface area contributed by atoms with Crippen LogP contribution in [-0.4, -0.2) is 48.4 Å². The van der Waals surface area contributed by atoms with Gasteiger partial charge >= 0.3 is 6.09 Å². The number of carbonyl (C=O) groups excluding carboxylic acids is 1. The number of likely N-dealkylation sites (tertiary alicyclic amines) is 1. The third-order valence-electron chi connectivity index (χ3n) is 7.72. The molecule has 1 amide bonds. The van der Waals surface area contributed by atoms with Crippen molar-refractivity contribution in [1.82, 2.24) is 10.2 Å². The van der Waals surface area contributed by atoms with Crippen molar-refractivity contribution in [3.8, 4) is 16.9 Å². The van der Waals surface area contributed by atoms with E-state index in [-0.39, 0.29) is 17.9 Å². The van der Waals surface area contributed by atoms with Crippen molar-refractivity contribution in [2.75, 3.05) is 31.5 Å². The lowest BCUT2D eigenvalue weighted by Gasteiger charge is -2.31. The number of hydrogen-bond donors (Lipinski definition) is 3. The molecular weight excluding hydrogens is 517 g/mol. The second-order valence-electron chi connectivity index (χ2n) is 10.9. The summed E-state index contributed by atoms with van der Waals surface area (Å²) in [7, 11) is 0. The molecule has 0 aromatic heterocycles. The molecule has 1 fully saturated rings. The van der Waals surface area contributed by atoms with E-state index in [4.69, 9.17) is 4.74 Å². The van der Waals surface area contributed by atoms with Crippen molar-refractivity contribution in [2.45, 2.75) is 70.4 Å². The molecule has 1 saturated heterocycles. The lowest BCUT2D eigenvalue weighted by Crippen LogP contribution is -2.38. The highest BCUT2D eigenvalue weighted by atomic mass is 19.1. The van der Waals surface area contributed by atoms with E-state index >= 15 is 0 Å². The molecule has 1 aliphatic rings. The van der Waals surface area contributed by atoms with Gasteiger partial charge in [-0.05, 0) is 68.1 Å². The molecule has 6 nitrogen and oxygen atoms in total. The maximum absolute atomic E-state index is 13.1. The molecule has 1 heterocycles. The molecule has 0 radical (unpaired) electrons. The van der Waals surface area contributed by atoms with E-state index in [1.807, 2.05) is 54.6 Å². The molecule has 0 saturated carbocycles. The second kappa shape index (κ2) is 16.7. The molecule has 7 heteroatoms. The number of ether oxygens (including phenoxy) is 1. The Morgan fingerprint density at radius 1 is 0.878 bits per heavy atom. The van der Waals surface area contributed by atoms with Crippen LogP contribution in [0.3, 0.4) is 0 Å². The van der Waals surface area contributed by atoms with Crippen LogP contribution in [0, 0.1) is 5.82 Å². The Morgan fingerprint density at radius 3 is 2.32 bits per heavy atom. The highest BCUT2D eigenvalue weighted by Crippen LogP contribution is 2.28. The van der Waals surface area contributed by atoms with Gasteiger partial charge in [0.1, 0.15) is 6.10 Å². The molecule has 0 aliphatic carbocycles. The minimum atomic E-state index is -0.577. The minimum Gasteiger partial charge on any atom is -0.505 e. The van der Waals surface area contributed by atoms with E-state index < -0.39 is 5.82 Å². The van der Waals surface area contributed by atoms with Crippen LogP contribution in [0.4, 0.5) is 14.9 Å². The average molecular weight is 562 g/mol.